The van der Waals surface area contributed by atoms with Gasteiger partial charge in [0.25, 0.3) is 0 Å². The predicted molar refractivity (Wildman–Crippen MR) is 65.1 cm³/mol. The molecule has 1 rings (SSSR count). The Labute approximate surface area is 94.1 Å². The van der Waals surface area contributed by atoms with Crippen LogP contribution >= 0.6 is 0 Å². The van der Waals surface area contributed by atoms with Gasteiger partial charge in [0.1, 0.15) is 0 Å². The number of allylic oxidation sites excluding steroid dienone is 1. The Bertz CT molecular complexity index is 153. The molecule has 0 amide bonds. The minimum absolute atomic E-state index is 0.805. The van der Waals surface area contributed by atoms with Crippen LogP contribution in [0.3, 0.4) is 0 Å². The predicted octanol–water partition coefficient (Wildman–Crippen LogP) is 2.75. The van der Waals surface area contributed by atoms with Crippen LogP contribution < -0.4 is 5.32 Å². The second kappa shape index (κ2) is 8.93. The van der Waals surface area contributed by atoms with Crippen molar-refractivity contribution in [2.75, 3.05) is 26.3 Å². The van der Waals surface area contributed by atoms with Crippen molar-refractivity contribution >= 4 is 0 Å². The molecule has 0 aromatic carbocycles. The van der Waals surface area contributed by atoms with Crippen molar-refractivity contribution in [2.24, 2.45) is 5.92 Å². The Morgan fingerprint density at radius 3 is 2.73 bits per heavy atom. The van der Waals surface area contributed by atoms with E-state index in [-0.39, 0.29) is 0 Å². The van der Waals surface area contributed by atoms with E-state index < -0.39 is 0 Å². The Morgan fingerprint density at radius 2 is 2.00 bits per heavy atom. The molecule has 2 heteroatoms. The first-order valence-electron chi connectivity index (χ1n) is 6.33. The third-order valence-corrected chi connectivity index (χ3v) is 3.01. The lowest BCUT2D eigenvalue weighted by Crippen LogP contribution is -2.30. The highest BCUT2D eigenvalue weighted by atomic mass is 16.5. The van der Waals surface area contributed by atoms with E-state index in [9.17, 15) is 0 Å². The van der Waals surface area contributed by atoms with Gasteiger partial charge in [0.2, 0.25) is 0 Å². The highest BCUT2D eigenvalue weighted by molar-refractivity contribution is 4.68. The van der Waals surface area contributed by atoms with Gasteiger partial charge >= 0.3 is 0 Å². The Hall–Kier alpha value is -0.340. The second-order valence-corrected chi connectivity index (χ2v) is 4.41. The summed E-state index contributed by atoms with van der Waals surface area (Å²) in [4.78, 5) is 0. The maximum atomic E-state index is 5.70. The molecule has 1 heterocycles. The summed E-state index contributed by atoms with van der Waals surface area (Å²) < 4.78 is 5.70. The zero-order chi connectivity index (χ0) is 10.8. The van der Waals surface area contributed by atoms with Crippen LogP contribution in [0.1, 0.15) is 38.5 Å². The fraction of sp³-hybridized carbons (Fsp3) is 0.846. The van der Waals surface area contributed by atoms with Gasteiger partial charge in [0.15, 0.2) is 0 Å². The standard InChI is InChI=1S/C13H25NO/c1-2-3-4-5-6-11-15-12-13-7-9-14-10-8-13/h2,13-14H,1,3-12H2. The first kappa shape index (κ1) is 12.7. The molecule has 0 aromatic rings. The van der Waals surface area contributed by atoms with Crippen LogP contribution in [0.4, 0.5) is 0 Å². The fourth-order valence-electron chi connectivity index (χ4n) is 1.97. The van der Waals surface area contributed by atoms with Crippen LogP contribution in [-0.4, -0.2) is 26.3 Å². The smallest absolute Gasteiger partial charge is 0.0495 e. The summed E-state index contributed by atoms with van der Waals surface area (Å²) in [6, 6.07) is 0. The van der Waals surface area contributed by atoms with Crippen LogP contribution in [-0.2, 0) is 4.74 Å². The Balaban J connectivity index is 1.81. The molecule has 0 bridgehead atoms. The zero-order valence-corrected chi connectivity index (χ0v) is 9.84. The van der Waals surface area contributed by atoms with E-state index in [1.807, 2.05) is 6.08 Å². The second-order valence-electron chi connectivity index (χ2n) is 4.41. The third-order valence-electron chi connectivity index (χ3n) is 3.01. The highest BCUT2D eigenvalue weighted by Gasteiger charge is 2.12. The maximum absolute atomic E-state index is 5.70. The highest BCUT2D eigenvalue weighted by Crippen LogP contribution is 2.12. The lowest BCUT2D eigenvalue weighted by molar-refractivity contribution is 0.0850. The summed E-state index contributed by atoms with van der Waals surface area (Å²) in [7, 11) is 0. The maximum Gasteiger partial charge on any atom is 0.0495 e. The molecular weight excluding hydrogens is 186 g/mol. The lowest BCUT2D eigenvalue weighted by atomic mass is 9.99. The fourth-order valence-corrected chi connectivity index (χ4v) is 1.97. The molecule has 15 heavy (non-hydrogen) atoms. The Morgan fingerprint density at radius 1 is 1.20 bits per heavy atom. The van der Waals surface area contributed by atoms with Crippen LogP contribution in [0.2, 0.25) is 0 Å². The van der Waals surface area contributed by atoms with Gasteiger partial charge in [-0.3, -0.25) is 0 Å². The summed E-state index contributed by atoms with van der Waals surface area (Å²) in [5, 5.41) is 3.37. The molecule has 0 unspecified atom stereocenters. The molecule has 0 atom stereocenters. The Kier molecular flexibility index (Phi) is 7.58. The number of unbranched alkanes of at least 4 members (excludes halogenated alkanes) is 3. The molecule has 0 spiro atoms. The van der Waals surface area contributed by atoms with Gasteiger partial charge in [0.05, 0.1) is 0 Å². The average Bonchev–Trinajstić information content (AvgIpc) is 2.29. The number of piperidine rings is 1. The van der Waals surface area contributed by atoms with Gasteiger partial charge in [-0.25, -0.2) is 0 Å². The summed E-state index contributed by atoms with van der Waals surface area (Å²) in [5.41, 5.74) is 0. The largest absolute Gasteiger partial charge is 0.381 e. The van der Waals surface area contributed by atoms with Gasteiger partial charge in [0, 0.05) is 13.2 Å². The molecule has 1 saturated heterocycles. The molecule has 0 radical (unpaired) electrons. The molecule has 2 nitrogen and oxygen atoms in total. The van der Waals surface area contributed by atoms with Crippen molar-refractivity contribution in [1.82, 2.24) is 5.32 Å². The van der Waals surface area contributed by atoms with E-state index in [2.05, 4.69) is 11.9 Å². The van der Waals surface area contributed by atoms with E-state index >= 15 is 0 Å². The number of hydrogen-bond donors (Lipinski definition) is 1. The average molecular weight is 211 g/mol. The molecule has 1 fully saturated rings. The first-order valence-corrected chi connectivity index (χ1v) is 6.33. The summed E-state index contributed by atoms with van der Waals surface area (Å²) in [5.74, 6) is 0.805. The molecule has 0 aromatic heterocycles. The topological polar surface area (TPSA) is 21.3 Å². The molecule has 1 aliphatic heterocycles. The lowest BCUT2D eigenvalue weighted by Gasteiger charge is -2.22. The minimum atomic E-state index is 0.805. The SMILES string of the molecule is C=CCCCCCOCC1CCNCC1. The van der Waals surface area contributed by atoms with E-state index in [0.29, 0.717) is 0 Å². The molecule has 0 aliphatic carbocycles. The van der Waals surface area contributed by atoms with Gasteiger partial charge in [-0.05, 0) is 51.1 Å². The molecule has 88 valence electrons. The number of nitrogens with one attached hydrogen (secondary N) is 1. The van der Waals surface area contributed by atoms with Gasteiger partial charge < -0.3 is 10.1 Å². The van der Waals surface area contributed by atoms with E-state index in [1.54, 1.807) is 0 Å². The van der Waals surface area contributed by atoms with Crippen LogP contribution in [0.25, 0.3) is 0 Å². The van der Waals surface area contributed by atoms with E-state index in [1.165, 1.54) is 45.2 Å². The first-order chi connectivity index (χ1) is 7.43. The van der Waals surface area contributed by atoms with Crippen LogP contribution in [0, 0.1) is 5.92 Å². The van der Waals surface area contributed by atoms with E-state index in [0.717, 1.165) is 25.6 Å². The molecule has 1 N–H and O–H groups in total. The van der Waals surface area contributed by atoms with Crippen molar-refractivity contribution in [1.29, 1.82) is 0 Å². The normalized spacial score (nSPS) is 17.9. The summed E-state index contributed by atoms with van der Waals surface area (Å²) in [6.07, 6.45) is 9.47. The van der Waals surface area contributed by atoms with Crippen LogP contribution in [0.5, 0.6) is 0 Å². The van der Waals surface area contributed by atoms with Gasteiger partial charge in [-0.15, -0.1) is 6.58 Å². The summed E-state index contributed by atoms with van der Waals surface area (Å²) >= 11 is 0. The van der Waals surface area contributed by atoms with Crippen molar-refractivity contribution in [3.63, 3.8) is 0 Å². The monoisotopic (exact) mass is 211 g/mol. The number of hydrogen-bond acceptors (Lipinski definition) is 2. The van der Waals surface area contributed by atoms with E-state index in [4.69, 9.17) is 4.74 Å². The van der Waals surface area contributed by atoms with Gasteiger partial charge in [-0.2, -0.15) is 0 Å². The molecule has 1 aliphatic rings. The number of ether oxygens (including phenoxy) is 1. The van der Waals surface area contributed by atoms with Crippen molar-refractivity contribution < 1.29 is 4.74 Å². The molecular formula is C13H25NO. The van der Waals surface area contributed by atoms with Crippen molar-refractivity contribution in [3.8, 4) is 0 Å². The number of rotatable bonds is 8. The summed E-state index contributed by atoms with van der Waals surface area (Å²) in [6.45, 7) is 7.99. The quantitative estimate of drug-likeness (QED) is 0.492. The zero-order valence-electron chi connectivity index (χ0n) is 9.84. The molecule has 0 saturated carbocycles. The van der Waals surface area contributed by atoms with Crippen LogP contribution in [0.15, 0.2) is 12.7 Å². The third kappa shape index (κ3) is 6.69. The van der Waals surface area contributed by atoms with Crippen molar-refractivity contribution in [2.45, 2.75) is 38.5 Å². The minimum Gasteiger partial charge on any atom is -0.381 e. The van der Waals surface area contributed by atoms with Crippen molar-refractivity contribution in [3.05, 3.63) is 12.7 Å². The van der Waals surface area contributed by atoms with Gasteiger partial charge in [-0.1, -0.05) is 12.5 Å².